The number of nitrogens with one attached hydrogen (secondary N) is 6. The lowest BCUT2D eigenvalue weighted by Crippen LogP contribution is -2.36. The van der Waals surface area contributed by atoms with Gasteiger partial charge >= 0.3 is 12.1 Å². The molecule has 14 heteroatoms. The Morgan fingerprint density at radius 2 is 1.15 bits per heavy atom. The summed E-state index contributed by atoms with van der Waals surface area (Å²) in [6, 6.07) is 1.84. The quantitative estimate of drug-likeness (QED) is 0.189. The lowest BCUT2D eigenvalue weighted by molar-refractivity contribution is 0.243. The van der Waals surface area contributed by atoms with Gasteiger partial charge in [-0.15, -0.1) is 0 Å². The second-order valence-corrected chi connectivity index (χ2v) is 9.83. The molecule has 0 radical (unpaired) electrons. The number of unbranched alkanes of at least 4 members (excludes halogenated alkanes) is 2. The fourth-order valence-corrected chi connectivity index (χ4v) is 3.51. The van der Waals surface area contributed by atoms with Gasteiger partial charge in [0.2, 0.25) is 11.9 Å². The average molecular weight is 563 g/mol. The summed E-state index contributed by atoms with van der Waals surface area (Å²) in [6.07, 6.45) is 4.84. The van der Waals surface area contributed by atoms with Crippen molar-refractivity contribution in [1.29, 1.82) is 0 Å². The first-order valence-electron chi connectivity index (χ1n) is 13.6. The molecule has 2 aromatic heterocycles. The van der Waals surface area contributed by atoms with E-state index in [-0.39, 0.29) is 23.0 Å². The SMILES string of the molecule is CCCCCN(CCCNC(=O)Nc1nc(C)cc(=O)[nH]1)CCCNC(=O)Nc1nc(C)cc(=O)[nH]1.CN(C)C. The number of aromatic nitrogens is 4. The van der Waals surface area contributed by atoms with Gasteiger partial charge < -0.3 is 20.4 Å². The van der Waals surface area contributed by atoms with Gasteiger partial charge in [-0.2, -0.15) is 0 Å². The molecule has 0 bridgehead atoms. The van der Waals surface area contributed by atoms with E-state index in [4.69, 9.17) is 0 Å². The predicted molar refractivity (Wildman–Crippen MR) is 158 cm³/mol. The molecule has 0 aromatic carbocycles. The molecule has 0 spiro atoms. The Kier molecular flexibility index (Phi) is 16.5. The van der Waals surface area contributed by atoms with E-state index in [0.717, 1.165) is 51.7 Å². The third-order valence-electron chi connectivity index (χ3n) is 5.15. The van der Waals surface area contributed by atoms with Crippen molar-refractivity contribution in [2.24, 2.45) is 0 Å². The number of aromatic amines is 2. The minimum atomic E-state index is -0.430. The van der Waals surface area contributed by atoms with Gasteiger partial charge in [0.1, 0.15) is 0 Å². The van der Waals surface area contributed by atoms with Crippen LogP contribution in [0.3, 0.4) is 0 Å². The van der Waals surface area contributed by atoms with Crippen molar-refractivity contribution in [3.63, 3.8) is 0 Å². The maximum absolute atomic E-state index is 12.1. The normalized spacial score (nSPS) is 10.6. The molecule has 0 fully saturated rings. The summed E-state index contributed by atoms with van der Waals surface area (Å²) in [6.45, 7) is 8.97. The lowest BCUT2D eigenvalue weighted by atomic mass is 10.2. The first-order chi connectivity index (χ1) is 19.0. The molecule has 0 atom stereocenters. The molecule has 2 aromatic rings. The number of hydrogen-bond acceptors (Lipinski definition) is 8. The molecule has 40 heavy (non-hydrogen) atoms. The van der Waals surface area contributed by atoms with Crippen LogP contribution < -0.4 is 32.4 Å². The van der Waals surface area contributed by atoms with E-state index in [0.29, 0.717) is 24.5 Å². The summed E-state index contributed by atoms with van der Waals surface area (Å²) in [5.41, 5.74) is 0.388. The fourth-order valence-electron chi connectivity index (χ4n) is 3.51. The number of urea groups is 2. The Bertz CT molecular complexity index is 1060. The summed E-state index contributed by atoms with van der Waals surface area (Å²) in [4.78, 5) is 64.5. The molecule has 224 valence electrons. The van der Waals surface area contributed by atoms with E-state index in [2.05, 4.69) is 53.0 Å². The third kappa shape index (κ3) is 16.9. The highest BCUT2D eigenvalue weighted by Gasteiger charge is 2.08. The van der Waals surface area contributed by atoms with Crippen LogP contribution >= 0.6 is 0 Å². The Morgan fingerprint density at radius 3 is 1.52 bits per heavy atom. The summed E-state index contributed by atoms with van der Waals surface area (Å²) in [5.74, 6) is 0.222. The highest BCUT2D eigenvalue weighted by atomic mass is 16.2. The van der Waals surface area contributed by atoms with Gasteiger partial charge in [-0.25, -0.2) is 19.6 Å². The Morgan fingerprint density at radius 1 is 0.750 bits per heavy atom. The van der Waals surface area contributed by atoms with E-state index in [1.54, 1.807) is 13.8 Å². The largest absolute Gasteiger partial charge is 0.338 e. The molecule has 2 heterocycles. The van der Waals surface area contributed by atoms with Crippen molar-refractivity contribution in [3.8, 4) is 0 Å². The zero-order valence-electron chi connectivity index (χ0n) is 24.6. The summed E-state index contributed by atoms with van der Waals surface area (Å²) in [7, 11) is 6.00. The van der Waals surface area contributed by atoms with Crippen LogP contribution in [0.4, 0.5) is 21.5 Å². The zero-order chi connectivity index (χ0) is 29.9. The number of carbonyl (C=O) groups excluding carboxylic acids is 2. The van der Waals surface area contributed by atoms with Gasteiger partial charge in [0.15, 0.2) is 0 Å². The van der Waals surface area contributed by atoms with Crippen molar-refractivity contribution in [2.75, 3.05) is 64.5 Å². The molecule has 0 aliphatic rings. The van der Waals surface area contributed by atoms with Gasteiger partial charge in [-0.05, 0) is 73.9 Å². The topological polar surface area (TPSA) is 180 Å². The molecule has 4 amide bonds. The van der Waals surface area contributed by atoms with Gasteiger partial charge in [0.05, 0.1) is 0 Å². The zero-order valence-corrected chi connectivity index (χ0v) is 24.6. The van der Waals surface area contributed by atoms with Crippen LogP contribution in [-0.4, -0.2) is 95.7 Å². The van der Waals surface area contributed by atoms with Crippen molar-refractivity contribution in [1.82, 2.24) is 40.4 Å². The monoisotopic (exact) mass is 562 g/mol. The maximum atomic E-state index is 12.1. The second-order valence-electron chi connectivity index (χ2n) is 9.83. The Balaban J connectivity index is 0.00000187. The van der Waals surface area contributed by atoms with Gasteiger partial charge in [-0.3, -0.25) is 30.2 Å². The van der Waals surface area contributed by atoms with E-state index in [1.165, 1.54) is 12.1 Å². The van der Waals surface area contributed by atoms with Crippen LogP contribution in [0.5, 0.6) is 0 Å². The maximum Gasteiger partial charge on any atom is 0.321 e. The number of nitrogens with zero attached hydrogens (tertiary/aromatic N) is 4. The van der Waals surface area contributed by atoms with E-state index in [1.807, 2.05) is 26.0 Å². The number of hydrogen-bond donors (Lipinski definition) is 6. The molecule has 6 N–H and O–H groups in total. The summed E-state index contributed by atoms with van der Waals surface area (Å²) < 4.78 is 0. The molecule has 0 saturated carbocycles. The molecule has 14 nitrogen and oxygen atoms in total. The number of anilines is 2. The molecule has 0 aliphatic heterocycles. The third-order valence-corrected chi connectivity index (χ3v) is 5.15. The summed E-state index contributed by atoms with van der Waals surface area (Å²) >= 11 is 0. The minimum Gasteiger partial charge on any atom is -0.338 e. The van der Waals surface area contributed by atoms with Gasteiger partial charge in [0.25, 0.3) is 11.1 Å². The van der Waals surface area contributed by atoms with Crippen molar-refractivity contribution in [3.05, 3.63) is 44.2 Å². The molecular weight excluding hydrogens is 516 g/mol. The standard InChI is InChI=1S/C23H37N9O4.C3H9N/c1-4-5-6-11-32(12-7-9-24-22(35)30-20-26-16(2)14-18(33)28-20)13-8-10-25-23(36)31-21-27-17(3)15-19(34)29-21;1-4(2)3/h14-15H,4-13H2,1-3H3,(H3,24,26,28,30,33,35)(H3,25,27,29,31,34,36);1-3H3. The number of carbonyl (C=O) groups is 2. The van der Waals surface area contributed by atoms with Crippen molar-refractivity contribution < 1.29 is 9.59 Å². The van der Waals surface area contributed by atoms with Crippen LogP contribution in [0.15, 0.2) is 21.7 Å². The minimum absolute atomic E-state index is 0.111. The number of aryl methyl sites for hydroxylation is 2. The second kappa shape index (κ2) is 19.3. The summed E-state index contributed by atoms with van der Waals surface area (Å²) in [5, 5.41) is 10.6. The van der Waals surface area contributed by atoms with Gasteiger partial charge in [-0.1, -0.05) is 19.8 Å². The van der Waals surface area contributed by atoms with Crippen LogP contribution in [0, 0.1) is 13.8 Å². The van der Waals surface area contributed by atoms with Crippen molar-refractivity contribution >= 4 is 24.0 Å². The van der Waals surface area contributed by atoms with Crippen molar-refractivity contribution in [2.45, 2.75) is 52.9 Å². The molecular formula is C26H46N10O4. The Hall–Kier alpha value is -3.78. The average Bonchev–Trinajstić information content (AvgIpc) is 2.82. The van der Waals surface area contributed by atoms with E-state index >= 15 is 0 Å². The highest BCUT2D eigenvalue weighted by Crippen LogP contribution is 2.02. The van der Waals surface area contributed by atoms with Crippen LogP contribution in [0.1, 0.15) is 50.4 Å². The molecule has 0 unspecified atom stereocenters. The van der Waals surface area contributed by atoms with E-state index in [9.17, 15) is 19.2 Å². The first kappa shape index (κ1) is 34.2. The van der Waals surface area contributed by atoms with Crippen LogP contribution in [0.2, 0.25) is 0 Å². The number of rotatable bonds is 14. The molecule has 2 rings (SSSR count). The predicted octanol–water partition coefficient (Wildman–Crippen LogP) is 1.86. The van der Waals surface area contributed by atoms with Crippen LogP contribution in [0.25, 0.3) is 0 Å². The lowest BCUT2D eigenvalue weighted by Gasteiger charge is -2.22. The fraction of sp³-hybridized carbons (Fsp3) is 0.615. The molecule has 0 saturated heterocycles. The molecule has 0 aliphatic carbocycles. The number of amides is 4. The highest BCUT2D eigenvalue weighted by molar-refractivity contribution is 5.87. The smallest absolute Gasteiger partial charge is 0.321 e. The van der Waals surface area contributed by atoms with Crippen LogP contribution in [-0.2, 0) is 0 Å². The first-order valence-corrected chi connectivity index (χ1v) is 13.6. The Labute approximate surface area is 235 Å². The number of H-pyrrole nitrogens is 2. The van der Waals surface area contributed by atoms with E-state index < -0.39 is 12.1 Å². The van der Waals surface area contributed by atoms with Gasteiger partial charge in [0, 0.05) is 36.6 Å².